The zero-order valence-electron chi connectivity index (χ0n) is 47.3. The van der Waals surface area contributed by atoms with Gasteiger partial charge in [-0.2, -0.15) is 0 Å². The van der Waals surface area contributed by atoms with Crippen LogP contribution in [0.15, 0.2) is 138 Å². The van der Waals surface area contributed by atoms with Gasteiger partial charge >= 0.3 is 0 Å². The molecule has 0 bridgehead atoms. The number of anilines is 6. The van der Waals surface area contributed by atoms with E-state index in [-0.39, 0.29) is 50.0 Å². The van der Waals surface area contributed by atoms with Gasteiger partial charge in [0.1, 0.15) is 11.7 Å². The molecule has 0 saturated heterocycles. The molecule has 6 aromatic rings. The first-order valence-corrected chi connectivity index (χ1v) is 27.9. The number of nitrogens with zero attached hydrogens (tertiary/aromatic N) is 4. The normalized spacial score (nSPS) is 23.4. The summed E-state index contributed by atoms with van der Waals surface area (Å²) < 4.78 is 0. The second-order valence-corrected chi connectivity index (χ2v) is 29.0. The largest absolute Gasteiger partial charge is 0.333 e. The highest BCUT2D eigenvalue weighted by atomic mass is 15.4. The van der Waals surface area contributed by atoms with Crippen molar-refractivity contribution in [2.75, 3.05) is 14.7 Å². The minimum atomic E-state index is -0.508. The summed E-state index contributed by atoms with van der Waals surface area (Å²) in [4.78, 5) is 13.9. The van der Waals surface area contributed by atoms with Crippen molar-refractivity contribution in [2.45, 2.75) is 186 Å². The Balaban J connectivity index is 1.18. The minimum Gasteiger partial charge on any atom is -0.333 e. The van der Waals surface area contributed by atoms with Gasteiger partial charge in [-0.15, -0.1) is 0 Å². The number of hydrogen-bond donors (Lipinski definition) is 1. The topological polar surface area (TPSA) is 34.1 Å². The van der Waals surface area contributed by atoms with E-state index in [9.17, 15) is 0 Å². The first-order valence-electron chi connectivity index (χ1n) is 27.9. The molecule has 0 fully saturated rings. The molecule has 0 saturated carbocycles. The number of hydrogen-bond acceptors (Lipinski definition) is 5. The van der Waals surface area contributed by atoms with Gasteiger partial charge < -0.3 is 10.2 Å². The molecule has 1 N–H and O–H groups in total. The van der Waals surface area contributed by atoms with Gasteiger partial charge in [-0.25, -0.2) is 4.99 Å². The maximum absolute atomic E-state index is 6.21. The summed E-state index contributed by atoms with van der Waals surface area (Å²) in [5.74, 6) is 2.12. The average molecular weight is 976 g/mol. The van der Waals surface area contributed by atoms with E-state index in [0.29, 0.717) is 0 Å². The highest BCUT2D eigenvalue weighted by molar-refractivity contribution is 6.98. The number of benzene rings is 6. The molecule has 378 valence electrons. The number of rotatable bonds is 5. The van der Waals surface area contributed by atoms with Crippen molar-refractivity contribution in [3.63, 3.8) is 0 Å². The lowest BCUT2D eigenvalue weighted by molar-refractivity contribution is 0.402. The van der Waals surface area contributed by atoms with Gasteiger partial charge in [-0.1, -0.05) is 171 Å². The average Bonchev–Trinajstić information content (AvgIpc) is 3.85. The van der Waals surface area contributed by atoms with Gasteiger partial charge in [0, 0.05) is 39.6 Å². The fourth-order valence-corrected chi connectivity index (χ4v) is 17.2. The van der Waals surface area contributed by atoms with Crippen LogP contribution in [-0.4, -0.2) is 18.8 Å². The molecule has 13 rings (SSSR count). The van der Waals surface area contributed by atoms with E-state index in [2.05, 4.69) is 252 Å². The summed E-state index contributed by atoms with van der Waals surface area (Å²) >= 11 is 0. The summed E-state index contributed by atoms with van der Waals surface area (Å²) in [7, 11) is 0. The standard InChI is InChI=1S/C68H78BN5/c1-61(2)37-63(5,6)47-31-43(27-29-45(47)61)73-55-35-51-49(65(9,10)39-67(51,13)14)33-53(55)69-54-34-50-52(68(15,16)40-66(50,11)12)36-56(54)74(44-28-30-46-48(32-44)64(7,8)38-62(46,3)4)59-57(69)58(73)70-60(71-59)72(41-23-19-17-20-24-41)42-25-21-18-22-26-42/h17-36,60,70H,37-40H2,1-16H3. The molecule has 0 amide bonds. The molecule has 5 nitrogen and oxygen atoms in total. The van der Waals surface area contributed by atoms with E-state index in [0.717, 1.165) is 48.7 Å². The molecule has 1 atom stereocenters. The third-order valence-electron chi connectivity index (χ3n) is 19.4. The van der Waals surface area contributed by atoms with Crippen molar-refractivity contribution in [1.29, 1.82) is 0 Å². The zero-order chi connectivity index (χ0) is 52.2. The van der Waals surface area contributed by atoms with E-state index >= 15 is 0 Å². The highest BCUT2D eigenvalue weighted by Gasteiger charge is 2.54. The van der Waals surface area contributed by atoms with Crippen molar-refractivity contribution in [3.8, 4) is 0 Å². The Hall–Kier alpha value is -6.01. The van der Waals surface area contributed by atoms with Crippen LogP contribution in [0.1, 0.15) is 181 Å². The number of aliphatic imine (C=N–C) groups is 1. The number of para-hydroxylation sites is 2. The maximum atomic E-state index is 6.21. The van der Waals surface area contributed by atoms with E-state index in [1.165, 1.54) is 83.7 Å². The maximum Gasteiger partial charge on any atom is 0.256 e. The Morgan fingerprint density at radius 1 is 0.419 bits per heavy atom. The van der Waals surface area contributed by atoms with E-state index in [4.69, 9.17) is 4.99 Å². The van der Waals surface area contributed by atoms with Crippen LogP contribution in [0.5, 0.6) is 0 Å². The van der Waals surface area contributed by atoms with Crippen LogP contribution in [0.2, 0.25) is 0 Å². The molecule has 74 heavy (non-hydrogen) atoms. The van der Waals surface area contributed by atoms with Crippen molar-refractivity contribution in [3.05, 3.63) is 177 Å². The summed E-state index contributed by atoms with van der Waals surface area (Å²) in [6.45, 7) is 39.3. The SMILES string of the molecule is CC1(C)CC(C)(C)c2cc(N3C4=NC(N(c5ccccc5)c5ccccc5)NC5=C4B(c4cc6c(cc43)C(C)(C)CC6(C)C)c3cc4c(cc3N5c3ccc5c(c3)C(C)(C)CC5(C)C)C(C)(C)CC4(C)C)ccc21. The molecule has 0 spiro atoms. The Bertz CT molecular complexity index is 3420. The van der Waals surface area contributed by atoms with E-state index in [1.807, 2.05) is 0 Å². The Morgan fingerprint density at radius 3 is 1.19 bits per heavy atom. The molecule has 3 aliphatic heterocycles. The van der Waals surface area contributed by atoms with Crippen LogP contribution in [0.4, 0.5) is 34.1 Å². The molecular weight excluding hydrogens is 898 g/mol. The third-order valence-corrected chi connectivity index (χ3v) is 19.4. The monoisotopic (exact) mass is 976 g/mol. The molecule has 0 aromatic heterocycles. The molecule has 0 radical (unpaired) electrons. The first kappa shape index (κ1) is 47.7. The molecular formula is C68H78BN5. The Labute approximate surface area is 443 Å². The van der Waals surface area contributed by atoms with E-state index in [1.54, 1.807) is 0 Å². The molecule has 7 aliphatic rings. The quantitative estimate of drug-likeness (QED) is 0.175. The van der Waals surface area contributed by atoms with Gasteiger partial charge in [0.2, 0.25) is 6.29 Å². The zero-order valence-corrected chi connectivity index (χ0v) is 47.3. The van der Waals surface area contributed by atoms with Crippen molar-refractivity contribution in [1.82, 2.24) is 5.32 Å². The van der Waals surface area contributed by atoms with Crippen molar-refractivity contribution in [2.24, 2.45) is 4.99 Å². The van der Waals surface area contributed by atoms with Gasteiger partial charge in [-0.05, 0) is 185 Å². The smallest absolute Gasteiger partial charge is 0.256 e. The molecule has 6 aromatic carbocycles. The minimum absolute atomic E-state index is 0.00167. The van der Waals surface area contributed by atoms with E-state index < -0.39 is 6.29 Å². The van der Waals surface area contributed by atoms with Crippen molar-refractivity contribution >= 4 is 57.6 Å². The van der Waals surface area contributed by atoms with Gasteiger partial charge in [-0.3, -0.25) is 9.80 Å². The van der Waals surface area contributed by atoms with Crippen LogP contribution < -0.4 is 30.9 Å². The molecule has 4 aliphatic carbocycles. The number of fused-ring (bicyclic) bond motifs is 8. The molecule has 1 unspecified atom stereocenters. The second-order valence-electron chi connectivity index (χ2n) is 29.0. The van der Waals surface area contributed by atoms with Crippen LogP contribution >= 0.6 is 0 Å². The van der Waals surface area contributed by atoms with Gasteiger partial charge in [0.15, 0.2) is 0 Å². The first-order chi connectivity index (χ1) is 34.6. The van der Waals surface area contributed by atoms with Crippen LogP contribution in [0, 0.1) is 0 Å². The highest BCUT2D eigenvalue weighted by Crippen LogP contribution is 2.57. The van der Waals surface area contributed by atoms with Crippen LogP contribution in [-0.2, 0) is 43.3 Å². The summed E-state index contributed by atoms with van der Waals surface area (Å²) in [5.41, 5.74) is 23.0. The van der Waals surface area contributed by atoms with Crippen LogP contribution in [0.3, 0.4) is 0 Å². The lowest BCUT2D eigenvalue weighted by Crippen LogP contribution is -2.64. The fraction of sp³-hybridized carbons (Fsp3) is 0.426. The number of amidine groups is 1. The Kier molecular flexibility index (Phi) is 9.59. The third kappa shape index (κ3) is 6.70. The van der Waals surface area contributed by atoms with Crippen molar-refractivity contribution < 1.29 is 0 Å². The summed E-state index contributed by atoms with van der Waals surface area (Å²) in [5, 5.41) is 4.35. The fourth-order valence-electron chi connectivity index (χ4n) is 17.2. The second kappa shape index (κ2) is 14.9. The predicted molar refractivity (Wildman–Crippen MR) is 314 cm³/mol. The lowest BCUT2D eigenvalue weighted by atomic mass is 9.32. The van der Waals surface area contributed by atoms with Gasteiger partial charge in [0.05, 0.1) is 0 Å². The van der Waals surface area contributed by atoms with Gasteiger partial charge in [0.25, 0.3) is 6.71 Å². The molecule has 3 heterocycles. The molecule has 6 heteroatoms. The Morgan fingerprint density at radius 2 is 0.770 bits per heavy atom. The summed E-state index contributed by atoms with van der Waals surface area (Å²) in [6.07, 6.45) is 3.91. The van der Waals surface area contributed by atoms with Crippen LogP contribution in [0.25, 0.3) is 0 Å². The lowest BCUT2D eigenvalue weighted by Gasteiger charge is -2.49. The number of nitrogens with one attached hydrogen (secondary N) is 1. The summed E-state index contributed by atoms with van der Waals surface area (Å²) in [6, 6.07) is 47.3. The predicted octanol–water partition coefficient (Wildman–Crippen LogP) is 15.3.